The first-order valence-corrected chi connectivity index (χ1v) is 6.23. The summed E-state index contributed by atoms with van der Waals surface area (Å²) in [6.07, 6.45) is 0.505. The van der Waals surface area contributed by atoms with Crippen molar-refractivity contribution in [3.8, 4) is 0 Å². The Bertz CT molecular complexity index is 342. The number of rotatable bonds is 7. The molecule has 4 heteroatoms. The fourth-order valence-corrected chi connectivity index (χ4v) is 1.82. The van der Waals surface area contributed by atoms with Crippen LogP contribution in [0.25, 0.3) is 0 Å². The molecule has 0 saturated carbocycles. The maximum Gasteiger partial charge on any atom is 0.123 e. The molecule has 3 atom stereocenters. The zero-order valence-corrected chi connectivity index (χ0v) is 11.2. The van der Waals surface area contributed by atoms with Crippen LogP contribution >= 0.6 is 0 Å². The summed E-state index contributed by atoms with van der Waals surface area (Å²) >= 11 is 0. The minimum atomic E-state index is -0.257. The van der Waals surface area contributed by atoms with Crippen LogP contribution in [0.4, 0.5) is 4.39 Å². The molecule has 0 radical (unpaired) electrons. The van der Waals surface area contributed by atoms with Crippen LogP contribution in [0.15, 0.2) is 24.3 Å². The van der Waals surface area contributed by atoms with Crippen LogP contribution in [0.2, 0.25) is 0 Å². The average molecular weight is 255 g/mol. The van der Waals surface area contributed by atoms with Gasteiger partial charge in [-0.25, -0.2) is 4.39 Å². The molecule has 0 saturated heterocycles. The molecule has 1 rings (SSSR count). The van der Waals surface area contributed by atoms with Gasteiger partial charge in [0.15, 0.2) is 0 Å². The van der Waals surface area contributed by atoms with Gasteiger partial charge in [-0.3, -0.25) is 0 Å². The molecule has 1 aromatic rings. The fourth-order valence-electron chi connectivity index (χ4n) is 1.82. The molecule has 0 spiro atoms. The minimum absolute atomic E-state index is 0.0531. The van der Waals surface area contributed by atoms with Crippen LogP contribution < -0.4 is 5.73 Å². The van der Waals surface area contributed by atoms with E-state index in [0.29, 0.717) is 6.61 Å². The zero-order chi connectivity index (χ0) is 13.5. The first-order chi connectivity index (χ1) is 8.58. The lowest BCUT2D eigenvalue weighted by atomic mass is 10.0. The van der Waals surface area contributed by atoms with Gasteiger partial charge in [0, 0.05) is 13.2 Å². The summed E-state index contributed by atoms with van der Waals surface area (Å²) in [5, 5.41) is 0. The lowest BCUT2D eigenvalue weighted by molar-refractivity contribution is -0.0507. The minimum Gasteiger partial charge on any atom is -0.382 e. The van der Waals surface area contributed by atoms with Gasteiger partial charge in [-0.2, -0.15) is 0 Å². The molecule has 3 nitrogen and oxygen atoms in total. The molecule has 0 aliphatic heterocycles. The highest BCUT2D eigenvalue weighted by Gasteiger charge is 2.21. The molecule has 0 amide bonds. The summed E-state index contributed by atoms with van der Waals surface area (Å²) in [4.78, 5) is 0. The number of methoxy groups -OCH3 is 1. The summed E-state index contributed by atoms with van der Waals surface area (Å²) in [7, 11) is 1.63. The predicted molar refractivity (Wildman–Crippen MR) is 69.8 cm³/mol. The van der Waals surface area contributed by atoms with E-state index >= 15 is 0 Å². The standard InChI is InChI=1S/C14H22FNO2/c1-4-13(16)14(18-10(2)9-17-3)11-5-7-12(15)8-6-11/h5-8,10,13-14H,4,9,16H2,1-3H3. The van der Waals surface area contributed by atoms with Gasteiger partial charge in [0.25, 0.3) is 0 Å². The summed E-state index contributed by atoms with van der Waals surface area (Å²) in [6.45, 7) is 4.45. The Morgan fingerprint density at radius 2 is 1.89 bits per heavy atom. The summed E-state index contributed by atoms with van der Waals surface area (Å²) in [5.74, 6) is -0.257. The second-order valence-electron chi connectivity index (χ2n) is 4.45. The molecule has 18 heavy (non-hydrogen) atoms. The number of ether oxygens (including phenoxy) is 2. The zero-order valence-electron chi connectivity index (χ0n) is 11.2. The molecular formula is C14H22FNO2. The van der Waals surface area contributed by atoms with Crippen LogP contribution in [0, 0.1) is 5.82 Å². The van der Waals surface area contributed by atoms with E-state index in [0.717, 1.165) is 12.0 Å². The lowest BCUT2D eigenvalue weighted by Gasteiger charge is -2.27. The van der Waals surface area contributed by atoms with Crippen molar-refractivity contribution in [3.05, 3.63) is 35.6 Å². The van der Waals surface area contributed by atoms with Crippen LogP contribution in [0.3, 0.4) is 0 Å². The van der Waals surface area contributed by atoms with Gasteiger partial charge in [-0.05, 0) is 31.0 Å². The van der Waals surface area contributed by atoms with Gasteiger partial charge < -0.3 is 15.2 Å². The Morgan fingerprint density at radius 1 is 1.28 bits per heavy atom. The lowest BCUT2D eigenvalue weighted by Crippen LogP contribution is -2.33. The molecular weight excluding hydrogens is 233 g/mol. The first kappa shape index (κ1) is 15.1. The van der Waals surface area contributed by atoms with Crippen molar-refractivity contribution in [1.29, 1.82) is 0 Å². The fraction of sp³-hybridized carbons (Fsp3) is 0.571. The van der Waals surface area contributed by atoms with Crippen molar-refractivity contribution in [2.24, 2.45) is 5.73 Å². The van der Waals surface area contributed by atoms with Crippen molar-refractivity contribution >= 4 is 0 Å². The Balaban J connectivity index is 2.80. The third-order valence-electron chi connectivity index (χ3n) is 2.84. The van der Waals surface area contributed by atoms with Gasteiger partial charge in [-0.1, -0.05) is 19.1 Å². The third kappa shape index (κ3) is 4.37. The van der Waals surface area contributed by atoms with Gasteiger partial charge in [0.05, 0.1) is 18.8 Å². The Hall–Kier alpha value is -0.970. The second-order valence-corrected chi connectivity index (χ2v) is 4.45. The molecule has 3 unspecified atom stereocenters. The van der Waals surface area contributed by atoms with Crippen LogP contribution in [-0.2, 0) is 9.47 Å². The highest BCUT2D eigenvalue weighted by Crippen LogP contribution is 2.24. The Kier molecular flexibility index (Phi) is 6.25. The van der Waals surface area contributed by atoms with Crippen molar-refractivity contribution in [3.63, 3.8) is 0 Å². The van der Waals surface area contributed by atoms with Gasteiger partial charge in [-0.15, -0.1) is 0 Å². The van der Waals surface area contributed by atoms with Crippen LogP contribution in [-0.4, -0.2) is 25.9 Å². The second kappa shape index (κ2) is 7.46. The smallest absolute Gasteiger partial charge is 0.123 e. The van der Waals surface area contributed by atoms with Crippen molar-refractivity contribution < 1.29 is 13.9 Å². The van der Waals surface area contributed by atoms with Gasteiger partial charge >= 0.3 is 0 Å². The molecule has 102 valence electrons. The van der Waals surface area contributed by atoms with Gasteiger partial charge in [0.2, 0.25) is 0 Å². The molecule has 0 fully saturated rings. The molecule has 0 bridgehead atoms. The van der Waals surface area contributed by atoms with Crippen molar-refractivity contribution in [2.75, 3.05) is 13.7 Å². The van der Waals surface area contributed by atoms with Crippen LogP contribution in [0.1, 0.15) is 31.9 Å². The van der Waals surface area contributed by atoms with Crippen LogP contribution in [0.5, 0.6) is 0 Å². The molecule has 0 aliphatic rings. The SMILES string of the molecule is CCC(N)C(OC(C)COC)c1ccc(F)cc1. The van der Waals surface area contributed by atoms with Crippen molar-refractivity contribution in [1.82, 2.24) is 0 Å². The Labute approximate surface area is 108 Å². The normalized spacial score (nSPS) is 16.3. The summed E-state index contributed by atoms with van der Waals surface area (Å²) < 4.78 is 23.9. The quantitative estimate of drug-likeness (QED) is 0.814. The van der Waals surface area contributed by atoms with E-state index in [4.69, 9.17) is 15.2 Å². The highest BCUT2D eigenvalue weighted by atomic mass is 19.1. The first-order valence-electron chi connectivity index (χ1n) is 6.23. The average Bonchev–Trinajstić information content (AvgIpc) is 2.36. The molecule has 0 aromatic heterocycles. The maximum absolute atomic E-state index is 12.9. The molecule has 0 aliphatic carbocycles. The van der Waals surface area contributed by atoms with E-state index in [1.54, 1.807) is 19.2 Å². The third-order valence-corrected chi connectivity index (χ3v) is 2.84. The topological polar surface area (TPSA) is 44.5 Å². The summed E-state index contributed by atoms with van der Waals surface area (Å²) in [5.41, 5.74) is 6.97. The molecule has 0 heterocycles. The number of nitrogens with two attached hydrogens (primary N) is 1. The largest absolute Gasteiger partial charge is 0.382 e. The van der Waals surface area contributed by atoms with E-state index < -0.39 is 0 Å². The number of halogens is 1. The highest BCUT2D eigenvalue weighted by molar-refractivity contribution is 5.20. The van der Waals surface area contributed by atoms with Crippen molar-refractivity contribution in [2.45, 2.75) is 38.5 Å². The predicted octanol–water partition coefficient (Wildman–Crippen LogP) is 2.66. The van der Waals surface area contributed by atoms with E-state index in [1.807, 2.05) is 13.8 Å². The monoisotopic (exact) mass is 255 g/mol. The summed E-state index contributed by atoms with van der Waals surface area (Å²) in [6, 6.07) is 6.17. The van der Waals surface area contributed by atoms with E-state index in [2.05, 4.69) is 0 Å². The van der Waals surface area contributed by atoms with Gasteiger partial charge in [0.1, 0.15) is 5.82 Å². The number of benzene rings is 1. The van der Waals surface area contributed by atoms with E-state index in [9.17, 15) is 4.39 Å². The molecule has 1 aromatic carbocycles. The van der Waals surface area contributed by atoms with E-state index in [-0.39, 0.29) is 24.1 Å². The van der Waals surface area contributed by atoms with E-state index in [1.165, 1.54) is 12.1 Å². The maximum atomic E-state index is 12.9. The Morgan fingerprint density at radius 3 is 2.39 bits per heavy atom. The number of hydrogen-bond donors (Lipinski definition) is 1. The molecule has 2 N–H and O–H groups in total. The number of hydrogen-bond acceptors (Lipinski definition) is 3.